The van der Waals surface area contributed by atoms with Gasteiger partial charge in [0, 0.05) is 6.42 Å². The highest BCUT2D eigenvalue weighted by atomic mass is 16.2. The highest BCUT2D eigenvalue weighted by Crippen LogP contribution is 2.26. The molecule has 1 unspecified atom stereocenters. The third kappa shape index (κ3) is 2.37. The normalized spacial score (nSPS) is 15.6. The van der Waals surface area contributed by atoms with Crippen LogP contribution < -0.4 is 10.9 Å². The van der Waals surface area contributed by atoms with Crippen LogP contribution in [-0.4, -0.2) is 15.5 Å². The number of nitrogens with one attached hydrogen (secondary N) is 1. The van der Waals surface area contributed by atoms with E-state index in [1.165, 1.54) is 4.57 Å². The highest BCUT2D eigenvalue weighted by Gasteiger charge is 2.28. The van der Waals surface area contributed by atoms with E-state index in [1.54, 1.807) is 42.5 Å². The Morgan fingerprint density at radius 2 is 1.88 bits per heavy atom. The molecule has 1 atom stereocenters. The molecule has 0 spiro atoms. The zero-order chi connectivity index (χ0) is 17.4. The Hall–Kier alpha value is -3.46. The predicted octanol–water partition coefficient (Wildman–Crippen LogP) is 2.47. The predicted molar refractivity (Wildman–Crippen MR) is 92.4 cm³/mol. The summed E-state index contributed by atoms with van der Waals surface area (Å²) < 4.78 is 1.50. The van der Waals surface area contributed by atoms with Gasteiger partial charge in [-0.25, -0.2) is 4.98 Å². The smallest absolute Gasteiger partial charge is 0.266 e. The average Bonchev–Trinajstić information content (AvgIpc) is 2.76. The molecule has 0 fully saturated rings. The maximum Gasteiger partial charge on any atom is 0.266 e. The molecule has 0 saturated carbocycles. The van der Waals surface area contributed by atoms with Crippen LogP contribution in [0.3, 0.4) is 0 Å². The van der Waals surface area contributed by atoms with Gasteiger partial charge in [0.15, 0.2) is 0 Å². The lowest BCUT2D eigenvalue weighted by Gasteiger charge is -2.18. The number of aromatic nitrogens is 2. The number of carbonyl (C=O) groups excluding carboxylic acids is 1. The van der Waals surface area contributed by atoms with Crippen molar-refractivity contribution < 1.29 is 4.79 Å². The van der Waals surface area contributed by atoms with Gasteiger partial charge in [-0.1, -0.05) is 24.3 Å². The van der Waals surface area contributed by atoms with Crippen LogP contribution in [0.1, 0.15) is 35.1 Å². The van der Waals surface area contributed by atoms with E-state index in [2.05, 4.69) is 16.4 Å². The third-order valence-corrected chi connectivity index (χ3v) is 4.35. The van der Waals surface area contributed by atoms with Gasteiger partial charge in [0.2, 0.25) is 0 Å². The minimum absolute atomic E-state index is 0.216. The summed E-state index contributed by atoms with van der Waals surface area (Å²) in [5.74, 6) is 0.185. The van der Waals surface area contributed by atoms with E-state index in [0.717, 1.165) is 0 Å². The SMILES string of the molecule is N#CCCC1NC(=O)c2ccccc2-n2c1nc1ccccc1c2=O. The fourth-order valence-electron chi connectivity index (χ4n) is 3.19. The van der Waals surface area contributed by atoms with Crippen LogP contribution in [0.25, 0.3) is 16.6 Å². The van der Waals surface area contributed by atoms with Gasteiger partial charge < -0.3 is 5.32 Å². The average molecular weight is 330 g/mol. The summed E-state index contributed by atoms with van der Waals surface area (Å²) >= 11 is 0. The van der Waals surface area contributed by atoms with Gasteiger partial charge in [0.25, 0.3) is 11.5 Å². The van der Waals surface area contributed by atoms with Crippen LogP contribution >= 0.6 is 0 Å². The molecule has 3 aromatic rings. The number of rotatable bonds is 2. The summed E-state index contributed by atoms with van der Waals surface area (Å²) in [6.45, 7) is 0. The topological polar surface area (TPSA) is 87.8 Å². The first-order valence-corrected chi connectivity index (χ1v) is 7.99. The van der Waals surface area contributed by atoms with E-state index >= 15 is 0 Å². The first-order chi connectivity index (χ1) is 12.2. The molecule has 1 N–H and O–H groups in total. The van der Waals surface area contributed by atoms with Crippen molar-refractivity contribution in [3.63, 3.8) is 0 Å². The molecule has 1 amide bonds. The second-order valence-corrected chi connectivity index (χ2v) is 5.87. The molecule has 0 aliphatic carbocycles. The summed E-state index contributed by atoms with van der Waals surface area (Å²) in [5.41, 5.74) is 1.29. The van der Waals surface area contributed by atoms with E-state index in [-0.39, 0.29) is 17.9 Å². The largest absolute Gasteiger partial charge is 0.342 e. The van der Waals surface area contributed by atoms with Gasteiger partial charge in [-0.15, -0.1) is 0 Å². The third-order valence-electron chi connectivity index (χ3n) is 4.35. The fraction of sp³-hybridized carbons (Fsp3) is 0.158. The van der Waals surface area contributed by atoms with Crippen LogP contribution in [0.4, 0.5) is 0 Å². The molecule has 4 rings (SSSR count). The molecule has 6 heteroatoms. The van der Waals surface area contributed by atoms with E-state index in [1.807, 2.05) is 6.07 Å². The number of nitrogens with zero attached hydrogens (tertiary/aromatic N) is 3. The summed E-state index contributed by atoms with van der Waals surface area (Å²) in [6, 6.07) is 15.7. The Bertz CT molecular complexity index is 1090. The number of fused-ring (bicyclic) bond motifs is 4. The van der Waals surface area contributed by atoms with Crippen molar-refractivity contribution in [1.82, 2.24) is 14.9 Å². The van der Waals surface area contributed by atoms with Crippen LogP contribution in [0.15, 0.2) is 53.3 Å². The minimum Gasteiger partial charge on any atom is -0.342 e. The molecular weight excluding hydrogens is 316 g/mol. The van der Waals surface area contributed by atoms with Gasteiger partial charge in [0.05, 0.1) is 34.3 Å². The lowest BCUT2D eigenvalue weighted by atomic mass is 10.1. The van der Waals surface area contributed by atoms with Gasteiger partial charge in [0.1, 0.15) is 5.82 Å². The highest BCUT2D eigenvalue weighted by molar-refractivity contribution is 5.98. The number of benzene rings is 2. The maximum absolute atomic E-state index is 13.1. The summed E-state index contributed by atoms with van der Waals surface area (Å²) in [7, 11) is 0. The standard InChI is InChI=1S/C19H14N4O2/c20-11-5-9-15-17-21-14-8-3-1-6-12(14)19(25)23(17)16-10-4-2-7-13(16)18(24)22-15/h1-4,6-8,10,15H,5,9H2,(H,22,24). The lowest BCUT2D eigenvalue weighted by Crippen LogP contribution is -2.30. The molecule has 0 saturated heterocycles. The molecule has 2 aromatic carbocycles. The molecule has 0 bridgehead atoms. The van der Waals surface area contributed by atoms with Crippen LogP contribution in [0, 0.1) is 11.3 Å². The van der Waals surface area contributed by atoms with Gasteiger partial charge in [-0.2, -0.15) is 5.26 Å². The lowest BCUT2D eigenvalue weighted by molar-refractivity contribution is 0.0936. The molecule has 1 aromatic heterocycles. The molecular formula is C19H14N4O2. The van der Waals surface area contributed by atoms with E-state index in [9.17, 15) is 9.59 Å². The number of para-hydroxylation sites is 2. The number of hydrogen-bond acceptors (Lipinski definition) is 4. The van der Waals surface area contributed by atoms with E-state index in [4.69, 9.17) is 5.26 Å². The van der Waals surface area contributed by atoms with Crippen LogP contribution in [0.2, 0.25) is 0 Å². The first kappa shape index (κ1) is 15.1. The van der Waals surface area contributed by atoms with Gasteiger partial charge >= 0.3 is 0 Å². The summed E-state index contributed by atoms with van der Waals surface area (Å²) in [4.78, 5) is 30.4. The van der Waals surface area contributed by atoms with Crippen molar-refractivity contribution in [2.24, 2.45) is 0 Å². The maximum atomic E-state index is 13.1. The molecule has 2 heterocycles. The first-order valence-electron chi connectivity index (χ1n) is 7.99. The van der Waals surface area contributed by atoms with Crippen LogP contribution in [-0.2, 0) is 0 Å². The molecule has 1 aliphatic heterocycles. The molecule has 1 aliphatic rings. The Labute approximate surface area is 143 Å². The van der Waals surface area contributed by atoms with Crippen molar-refractivity contribution >= 4 is 16.8 Å². The second-order valence-electron chi connectivity index (χ2n) is 5.87. The monoisotopic (exact) mass is 330 g/mol. The molecule has 122 valence electrons. The van der Waals surface area contributed by atoms with Crippen molar-refractivity contribution in [1.29, 1.82) is 5.26 Å². The number of hydrogen-bond donors (Lipinski definition) is 1. The zero-order valence-electron chi connectivity index (χ0n) is 13.3. The van der Waals surface area contributed by atoms with E-state index < -0.39 is 6.04 Å². The van der Waals surface area contributed by atoms with Crippen molar-refractivity contribution in [3.8, 4) is 11.8 Å². The molecule has 25 heavy (non-hydrogen) atoms. The van der Waals surface area contributed by atoms with Crippen LogP contribution in [0.5, 0.6) is 0 Å². The number of nitriles is 1. The van der Waals surface area contributed by atoms with Gasteiger partial charge in [-0.3, -0.25) is 14.2 Å². The zero-order valence-corrected chi connectivity index (χ0v) is 13.3. The Morgan fingerprint density at radius 3 is 2.72 bits per heavy atom. The second kappa shape index (κ2) is 5.87. The Kier molecular flexibility index (Phi) is 3.55. The van der Waals surface area contributed by atoms with Crippen molar-refractivity contribution in [3.05, 3.63) is 70.3 Å². The molecule has 6 nitrogen and oxygen atoms in total. The van der Waals surface area contributed by atoms with Gasteiger partial charge in [-0.05, 0) is 30.7 Å². The summed E-state index contributed by atoms with van der Waals surface area (Å²) in [6.07, 6.45) is 0.644. The summed E-state index contributed by atoms with van der Waals surface area (Å²) in [5, 5.41) is 12.3. The quantitative estimate of drug-likeness (QED) is 0.782. The number of carbonyl (C=O) groups is 1. The van der Waals surface area contributed by atoms with E-state index in [0.29, 0.717) is 34.4 Å². The number of amides is 1. The van der Waals surface area contributed by atoms with Crippen molar-refractivity contribution in [2.75, 3.05) is 0 Å². The Morgan fingerprint density at radius 1 is 1.12 bits per heavy atom. The fourth-order valence-corrected chi connectivity index (χ4v) is 3.19. The molecule has 0 radical (unpaired) electrons. The van der Waals surface area contributed by atoms with Crippen molar-refractivity contribution in [2.45, 2.75) is 18.9 Å². The minimum atomic E-state index is -0.503. The Balaban J connectivity index is 2.09.